The Morgan fingerprint density at radius 2 is 1.77 bits per heavy atom. The van der Waals surface area contributed by atoms with Gasteiger partial charge in [0.1, 0.15) is 22.8 Å². The molecule has 3 aromatic rings. The number of methoxy groups -OCH3 is 2. The molecule has 2 aromatic heterocycles. The van der Waals surface area contributed by atoms with E-state index in [-0.39, 0.29) is 5.41 Å². The summed E-state index contributed by atoms with van der Waals surface area (Å²) in [5, 5.41) is 8.97. The average molecular weight is 352 g/mol. The molecular formula is C20H24N4O2. The van der Waals surface area contributed by atoms with Crippen molar-refractivity contribution >= 4 is 17.2 Å². The molecular weight excluding hydrogens is 328 g/mol. The van der Waals surface area contributed by atoms with Gasteiger partial charge in [-0.2, -0.15) is 0 Å². The third-order valence-electron chi connectivity index (χ3n) is 4.11. The Kier molecular flexibility index (Phi) is 4.68. The van der Waals surface area contributed by atoms with E-state index in [1.54, 1.807) is 20.3 Å². The van der Waals surface area contributed by atoms with Crippen LogP contribution in [0.15, 0.2) is 46.8 Å². The molecule has 0 atom stereocenters. The number of imidazole rings is 1. The van der Waals surface area contributed by atoms with Crippen LogP contribution in [0.25, 0.3) is 5.65 Å². The van der Waals surface area contributed by atoms with Crippen molar-refractivity contribution in [3.05, 3.63) is 47.8 Å². The molecule has 0 saturated heterocycles. The molecule has 6 heteroatoms. The summed E-state index contributed by atoms with van der Waals surface area (Å²) in [6, 6.07) is 9.52. The molecule has 0 aliphatic heterocycles. The highest BCUT2D eigenvalue weighted by Crippen LogP contribution is 2.36. The summed E-state index contributed by atoms with van der Waals surface area (Å²) < 4.78 is 12.6. The number of nitrogens with zero attached hydrogens (tertiary/aromatic N) is 4. The Hall–Kier alpha value is -2.89. The fourth-order valence-electron chi connectivity index (χ4n) is 2.71. The predicted molar refractivity (Wildman–Crippen MR) is 102 cm³/mol. The lowest BCUT2D eigenvalue weighted by Gasteiger charge is -2.15. The fourth-order valence-corrected chi connectivity index (χ4v) is 2.71. The van der Waals surface area contributed by atoms with Crippen molar-refractivity contribution in [2.45, 2.75) is 33.1 Å². The van der Waals surface area contributed by atoms with Gasteiger partial charge in [0.05, 0.1) is 19.9 Å². The third kappa shape index (κ3) is 3.40. The van der Waals surface area contributed by atoms with Crippen LogP contribution in [0.4, 0.5) is 11.5 Å². The van der Waals surface area contributed by atoms with Gasteiger partial charge in [0.25, 0.3) is 0 Å². The second-order valence-electron chi connectivity index (χ2n) is 7.20. The molecule has 0 amide bonds. The summed E-state index contributed by atoms with van der Waals surface area (Å²) in [6.45, 7) is 8.40. The van der Waals surface area contributed by atoms with Crippen LogP contribution in [0.2, 0.25) is 0 Å². The summed E-state index contributed by atoms with van der Waals surface area (Å²) in [5.41, 5.74) is 3.36. The molecule has 0 unspecified atom stereocenters. The van der Waals surface area contributed by atoms with E-state index in [0.717, 1.165) is 22.7 Å². The van der Waals surface area contributed by atoms with Crippen LogP contribution in [0, 0.1) is 6.92 Å². The van der Waals surface area contributed by atoms with Gasteiger partial charge in [-0.3, -0.25) is 4.40 Å². The van der Waals surface area contributed by atoms with Gasteiger partial charge in [0, 0.05) is 17.7 Å². The van der Waals surface area contributed by atoms with Gasteiger partial charge in [0.2, 0.25) is 0 Å². The van der Waals surface area contributed by atoms with E-state index in [9.17, 15) is 0 Å². The summed E-state index contributed by atoms with van der Waals surface area (Å²) in [5.74, 6) is 2.05. The maximum atomic E-state index is 5.38. The van der Waals surface area contributed by atoms with Crippen molar-refractivity contribution in [3.8, 4) is 11.5 Å². The SMILES string of the molecule is COc1ccc(OC)c(N=Nc2c(C(C)(C)C)nc3cc(C)ccn23)c1. The van der Waals surface area contributed by atoms with E-state index in [2.05, 4.69) is 31.0 Å². The van der Waals surface area contributed by atoms with Crippen LogP contribution in [0.1, 0.15) is 32.0 Å². The molecule has 0 saturated carbocycles. The number of aryl methyl sites for hydroxylation is 1. The van der Waals surface area contributed by atoms with Gasteiger partial charge < -0.3 is 9.47 Å². The first kappa shape index (κ1) is 17.9. The van der Waals surface area contributed by atoms with Crippen LogP contribution in [0.5, 0.6) is 11.5 Å². The second-order valence-corrected chi connectivity index (χ2v) is 7.20. The summed E-state index contributed by atoms with van der Waals surface area (Å²) in [7, 11) is 3.23. The average Bonchev–Trinajstić information content (AvgIpc) is 2.97. The number of rotatable bonds is 4. The number of benzene rings is 1. The lowest BCUT2D eigenvalue weighted by molar-refractivity contribution is 0.404. The van der Waals surface area contributed by atoms with Crippen LogP contribution in [0.3, 0.4) is 0 Å². The maximum absolute atomic E-state index is 5.38. The minimum absolute atomic E-state index is 0.160. The summed E-state index contributed by atoms with van der Waals surface area (Å²) in [6.07, 6.45) is 1.98. The van der Waals surface area contributed by atoms with Crippen molar-refractivity contribution in [1.82, 2.24) is 9.38 Å². The molecule has 3 rings (SSSR count). The Labute approximate surface area is 153 Å². The fraction of sp³-hybridized carbons (Fsp3) is 0.350. The Bertz CT molecular complexity index is 968. The van der Waals surface area contributed by atoms with Gasteiger partial charge in [0.15, 0.2) is 5.82 Å². The van der Waals surface area contributed by atoms with Crippen LogP contribution in [-0.4, -0.2) is 23.6 Å². The number of pyridine rings is 1. The second kappa shape index (κ2) is 6.78. The Morgan fingerprint density at radius 1 is 1.00 bits per heavy atom. The molecule has 1 aromatic carbocycles. The zero-order chi connectivity index (χ0) is 18.9. The smallest absolute Gasteiger partial charge is 0.183 e. The molecule has 26 heavy (non-hydrogen) atoms. The van der Waals surface area contributed by atoms with Gasteiger partial charge in [-0.15, -0.1) is 10.2 Å². The first-order valence-corrected chi connectivity index (χ1v) is 8.46. The quantitative estimate of drug-likeness (QED) is 0.593. The highest BCUT2D eigenvalue weighted by atomic mass is 16.5. The molecule has 0 N–H and O–H groups in total. The van der Waals surface area contributed by atoms with E-state index >= 15 is 0 Å². The zero-order valence-corrected chi connectivity index (χ0v) is 16.1. The zero-order valence-electron chi connectivity index (χ0n) is 16.1. The topological polar surface area (TPSA) is 60.5 Å². The molecule has 0 aliphatic carbocycles. The van der Waals surface area contributed by atoms with E-state index in [0.29, 0.717) is 17.2 Å². The third-order valence-corrected chi connectivity index (χ3v) is 4.11. The van der Waals surface area contributed by atoms with Crippen LogP contribution in [-0.2, 0) is 5.41 Å². The molecule has 0 spiro atoms. The van der Waals surface area contributed by atoms with Crippen molar-refractivity contribution in [3.63, 3.8) is 0 Å². The highest BCUT2D eigenvalue weighted by Gasteiger charge is 2.24. The lowest BCUT2D eigenvalue weighted by Crippen LogP contribution is -2.11. The largest absolute Gasteiger partial charge is 0.497 e. The number of azo groups is 1. The molecule has 0 fully saturated rings. The number of ether oxygens (including phenoxy) is 2. The minimum atomic E-state index is -0.160. The molecule has 0 bridgehead atoms. The van der Waals surface area contributed by atoms with Gasteiger partial charge in [-0.1, -0.05) is 20.8 Å². The lowest BCUT2D eigenvalue weighted by atomic mass is 9.92. The van der Waals surface area contributed by atoms with Crippen molar-refractivity contribution in [2.75, 3.05) is 14.2 Å². The summed E-state index contributed by atoms with van der Waals surface area (Å²) in [4.78, 5) is 4.79. The normalized spacial score (nSPS) is 12.1. The van der Waals surface area contributed by atoms with Gasteiger partial charge in [-0.25, -0.2) is 4.98 Å². The number of hydrogen-bond acceptors (Lipinski definition) is 5. The van der Waals surface area contributed by atoms with Crippen molar-refractivity contribution < 1.29 is 9.47 Å². The standard InChI is InChI=1S/C20H24N4O2/c1-13-9-10-24-17(11-13)21-18(20(2,3)4)19(24)23-22-15-12-14(25-5)7-8-16(15)26-6/h7-12H,1-6H3. The van der Waals surface area contributed by atoms with Gasteiger partial charge in [-0.05, 0) is 36.8 Å². The van der Waals surface area contributed by atoms with Gasteiger partial charge >= 0.3 is 0 Å². The number of fused-ring (bicyclic) bond motifs is 1. The van der Waals surface area contributed by atoms with Crippen LogP contribution >= 0.6 is 0 Å². The monoisotopic (exact) mass is 352 g/mol. The molecule has 0 radical (unpaired) electrons. The molecule has 2 heterocycles. The Balaban J connectivity index is 2.15. The number of aromatic nitrogens is 2. The van der Waals surface area contributed by atoms with E-state index in [1.807, 2.05) is 41.8 Å². The maximum Gasteiger partial charge on any atom is 0.183 e. The Morgan fingerprint density at radius 3 is 2.42 bits per heavy atom. The molecule has 6 nitrogen and oxygen atoms in total. The van der Waals surface area contributed by atoms with Crippen molar-refractivity contribution in [2.24, 2.45) is 10.2 Å². The van der Waals surface area contributed by atoms with E-state index < -0.39 is 0 Å². The molecule has 136 valence electrons. The summed E-state index contributed by atoms with van der Waals surface area (Å²) >= 11 is 0. The minimum Gasteiger partial charge on any atom is -0.497 e. The van der Waals surface area contributed by atoms with Crippen LogP contribution < -0.4 is 9.47 Å². The first-order valence-electron chi connectivity index (χ1n) is 8.46. The number of hydrogen-bond donors (Lipinski definition) is 0. The first-order chi connectivity index (χ1) is 12.3. The predicted octanol–water partition coefficient (Wildman–Crippen LogP) is 5.37. The van der Waals surface area contributed by atoms with Crippen molar-refractivity contribution in [1.29, 1.82) is 0 Å². The van der Waals surface area contributed by atoms with E-state index in [4.69, 9.17) is 14.5 Å². The molecule has 0 aliphatic rings. The highest BCUT2D eigenvalue weighted by molar-refractivity contribution is 5.58. The van der Waals surface area contributed by atoms with E-state index in [1.165, 1.54) is 0 Å².